The molecule has 0 fully saturated rings. The molecule has 4 nitrogen and oxygen atoms in total. The maximum Gasteiger partial charge on any atom is 0.224 e. The van der Waals surface area contributed by atoms with Crippen molar-refractivity contribution in [3.63, 3.8) is 0 Å². The van der Waals surface area contributed by atoms with Gasteiger partial charge in [0.2, 0.25) is 5.91 Å². The highest BCUT2D eigenvalue weighted by molar-refractivity contribution is 7.11. The number of carbonyl (C=O) groups is 1. The second-order valence-corrected chi connectivity index (χ2v) is 6.34. The van der Waals surface area contributed by atoms with Gasteiger partial charge in [-0.1, -0.05) is 25.1 Å². The lowest BCUT2D eigenvalue weighted by molar-refractivity contribution is -0.120. The molecule has 2 rings (SSSR count). The van der Waals surface area contributed by atoms with Crippen molar-refractivity contribution in [2.24, 2.45) is 0 Å². The Morgan fingerprint density at radius 3 is 2.82 bits per heavy atom. The van der Waals surface area contributed by atoms with Gasteiger partial charge in [-0.25, -0.2) is 4.98 Å². The Balaban J connectivity index is 1.82. The van der Waals surface area contributed by atoms with E-state index in [2.05, 4.69) is 24.1 Å². The summed E-state index contributed by atoms with van der Waals surface area (Å²) in [6.07, 6.45) is 2.08. The molecule has 2 aromatic rings. The van der Waals surface area contributed by atoms with Crippen molar-refractivity contribution >= 4 is 17.2 Å². The van der Waals surface area contributed by atoms with Gasteiger partial charge in [-0.05, 0) is 19.4 Å². The second-order valence-electron chi connectivity index (χ2n) is 5.05. The number of nitrogens with one attached hydrogen (secondary N) is 1. The summed E-state index contributed by atoms with van der Waals surface area (Å²) in [6.45, 7) is 4.82. The lowest BCUT2D eigenvalue weighted by Crippen LogP contribution is -2.27. The van der Waals surface area contributed by atoms with E-state index >= 15 is 0 Å². The minimum atomic E-state index is 0.00786. The molecule has 0 aliphatic rings. The maximum absolute atomic E-state index is 12.0. The van der Waals surface area contributed by atoms with Gasteiger partial charge in [-0.15, -0.1) is 11.3 Å². The number of thiazole rings is 1. The van der Waals surface area contributed by atoms with Crippen LogP contribution in [-0.2, 0) is 24.1 Å². The molecule has 1 aromatic carbocycles. The van der Waals surface area contributed by atoms with Crippen molar-refractivity contribution < 1.29 is 9.53 Å². The molecule has 1 amide bonds. The molecule has 0 unspecified atom stereocenters. The van der Waals surface area contributed by atoms with E-state index in [0.717, 1.165) is 29.2 Å². The molecule has 118 valence electrons. The van der Waals surface area contributed by atoms with Gasteiger partial charge in [0, 0.05) is 23.4 Å². The van der Waals surface area contributed by atoms with Gasteiger partial charge in [0.05, 0.1) is 24.2 Å². The number of aryl methyl sites for hydroxylation is 2. The molecule has 5 heteroatoms. The Kier molecular flexibility index (Phi) is 5.95. The third-order valence-corrected chi connectivity index (χ3v) is 4.55. The minimum Gasteiger partial charge on any atom is -0.496 e. The number of carbonyl (C=O) groups excluding carboxylic acids is 1. The fourth-order valence-corrected chi connectivity index (χ4v) is 3.34. The number of methoxy groups -OCH3 is 1. The number of amides is 1. The summed E-state index contributed by atoms with van der Waals surface area (Å²) in [6, 6.07) is 7.59. The van der Waals surface area contributed by atoms with Crippen molar-refractivity contribution in [1.82, 2.24) is 10.3 Å². The molecule has 1 heterocycles. The van der Waals surface area contributed by atoms with Crippen LogP contribution in [0.4, 0.5) is 0 Å². The van der Waals surface area contributed by atoms with E-state index in [4.69, 9.17) is 4.74 Å². The van der Waals surface area contributed by atoms with Crippen LogP contribution in [0, 0.1) is 6.92 Å². The highest BCUT2D eigenvalue weighted by atomic mass is 32.1. The third-order valence-electron chi connectivity index (χ3n) is 3.48. The second kappa shape index (κ2) is 7.94. The van der Waals surface area contributed by atoms with Crippen LogP contribution < -0.4 is 10.1 Å². The summed E-state index contributed by atoms with van der Waals surface area (Å²) in [5, 5.41) is 4.04. The fourth-order valence-electron chi connectivity index (χ4n) is 2.32. The highest BCUT2D eigenvalue weighted by Gasteiger charge is 2.09. The zero-order valence-electron chi connectivity index (χ0n) is 13.3. The van der Waals surface area contributed by atoms with Gasteiger partial charge < -0.3 is 10.1 Å². The lowest BCUT2D eigenvalue weighted by atomic mass is 10.1. The van der Waals surface area contributed by atoms with Crippen molar-refractivity contribution in [1.29, 1.82) is 0 Å². The molecule has 0 aliphatic carbocycles. The van der Waals surface area contributed by atoms with Crippen LogP contribution in [0.1, 0.15) is 28.1 Å². The van der Waals surface area contributed by atoms with Crippen molar-refractivity contribution in [3.8, 4) is 5.75 Å². The maximum atomic E-state index is 12.0. The van der Waals surface area contributed by atoms with E-state index in [0.29, 0.717) is 13.0 Å². The van der Waals surface area contributed by atoms with Crippen LogP contribution in [0.5, 0.6) is 5.75 Å². The first kappa shape index (κ1) is 16.5. The average Bonchev–Trinajstić information content (AvgIpc) is 2.88. The number of para-hydroxylation sites is 1. The SMILES string of the molecule is CCc1nc(CCNC(=O)Cc2ccccc2OC)sc1C. The number of nitrogens with zero attached hydrogens (tertiary/aromatic N) is 1. The normalized spacial score (nSPS) is 10.5. The Labute approximate surface area is 135 Å². The molecule has 0 spiro atoms. The van der Waals surface area contributed by atoms with Gasteiger partial charge in [0.1, 0.15) is 5.75 Å². The van der Waals surface area contributed by atoms with Crippen molar-refractivity contribution in [2.45, 2.75) is 33.1 Å². The molecular weight excluding hydrogens is 296 g/mol. The van der Waals surface area contributed by atoms with E-state index in [1.807, 2.05) is 24.3 Å². The van der Waals surface area contributed by atoms with E-state index in [1.54, 1.807) is 18.4 Å². The van der Waals surface area contributed by atoms with Crippen LogP contribution in [-0.4, -0.2) is 24.5 Å². The summed E-state index contributed by atoms with van der Waals surface area (Å²) in [7, 11) is 1.62. The number of rotatable bonds is 7. The first-order chi connectivity index (χ1) is 10.6. The predicted molar refractivity (Wildman–Crippen MR) is 89.6 cm³/mol. The zero-order chi connectivity index (χ0) is 15.9. The number of ether oxygens (including phenoxy) is 1. The van der Waals surface area contributed by atoms with Crippen LogP contribution >= 0.6 is 11.3 Å². The van der Waals surface area contributed by atoms with E-state index < -0.39 is 0 Å². The third kappa shape index (κ3) is 4.31. The predicted octanol–water partition coefficient (Wildman–Crippen LogP) is 2.92. The lowest BCUT2D eigenvalue weighted by Gasteiger charge is -2.08. The zero-order valence-corrected chi connectivity index (χ0v) is 14.1. The monoisotopic (exact) mass is 318 g/mol. The fraction of sp³-hybridized carbons (Fsp3) is 0.412. The molecule has 1 aromatic heterocycles. The molecule has 0 aliphatic heterocycles. The molecule has 1 N–H and O–H groups in total. The largest absolute Gasteiger partial charge is 0.496 e. The molecule has 0 saturated heterocycles. The molecule has 22 heavy (non-hydrogen) atoms. The van der Waals surface area contributed by atoms with E-state index in [-0.39, 0.29) is 5.91 Å². The summed E-state index contributed by atoms with van der Waals surface area (Å²) in [5.74, 6) is 0.759. The quantitative estimate of drug-likeness (QED) is 0.854. The van der Waals surface area contributed by atoms with Gasteiger partial charge in [-0.2, -0.15) is 0 Å². The molecule has 0 radical (unpaired) electrons. The summed E-state index contributed by atoms with van der Waals surface area (Å²) in [5.41, 5.74) is 2.07. The first-order valence-corrected chi connectivity index (χ1v) is 8.29. The smallest absolute Gasteiger partial charge is 0.224 e. The molecule has 0 atom stereocenters. The number of aromatic nitrogens is 1. The Hall–Kier alpha value is -1.88. The van der Waals surface area contributed by atoms with Crippen LogP contribution in [0.3, 0.4) is 0 Å². The van der Waals surface area contributed by atoms with E-state index in [9.17, 15) is 4.79 Å². The van der Waals surface area contributed by atoms with Gasteiger partial charge in [0.15, 0.2) is 0 Å². The van der Waals surface area contributed by atoms with Crippen LogP contribution in [0.25, 0.3) is 0 Å². The van der Waals surface area contributed by atoms with Gasteiger partial charge in [-0.3, -0.25) is 4.79 Å². The summed E-state index contributed by atoms with van der Waals surface area (Å²) >= 11 is 1.72. The Morgan fingerprint density at radius 1 is 1.36 bits per heavy atom. The van der Waals surface area contributed by atoms with Crippen molar-refractivity contribution in [3.05, 3.63) is 45.4 Å². The first-order valence-electron chi connectivity index (χ1n) is 7.47. The number of benzene rings is 1. The minimum absolute atomic E-state index is 0.00786. The van der Waals surface area contributed by atoms with Gasteiger partial charge >= 0.3 is 0 Å². The number of hydrogen-bond acceptors (Lipinski definition) is 4. The summed E-state index contributed by atoms with van der Waals surface area (Å²) < 4.78 is 5.26. The standard InChI is InChI=1S/C17H22N2O2S/c1-4-14-12(2)22-17(19-14)9-10-18-16(20)11-13-7-5-6-8-15(13)21-3/h5-8H,4,9-11H2,1-3H3,(H,18,20). The molecular formula is C17H22N2O2S. The van der Waals surface area contributed by atoms with Crippen LogP contribution in [0.15, 0.2) is 24.3 Å². The molecule has 0 saturated carbocycles. The number of hydrogen-bond donors (Lipinski definition) is 1. The Bertz CT molecular complexity index is 637. The summed E-state index contributed by atoms with van der Waals surface area (Å²) in [4.78, 5) is 17.9. The topological polar surface area (TPSA) is 51.2 Å². The van der Waals surface area contributed by atoms with Crippen LogP contribution in [0.2, 0.25) is 0 Å². The highest BCUT2D eigenvalue weighted by Crippen LogP contribution is 2.19. The average molecular weight is 318 g/mol. The van der Waals surface area contributed by atoms with Crippen molar-refractivity contribution in [2.75, 3.05) is 13.7 Å². The molecule has 0 bridgehead atoms. The Morgan fingerprint density at radius 2 is 2.14 bits per heavy atom. The van der Waals surface area contributed by atoms with Gasteiger partial charge in [0.25, 0.3) is 0 Å². The van der Waals surface area contributed by atoms with E-state index in [1.165, 1.54) is 10.6 Å².